The van der Waals surface area contributed by atoms with Gasteiger partial charge in [-0.3, -0.25) is 0 Å². The molecule has 0 amide bonds. The van der Waals surface area contributed by atoms with E-state index in [0.717, 1.165) is 11.7 Å². The molecule has 0 spiro atoms. The van der Waals surface area contributed by atoms with E-state index in [2.05, 4.69) is 38.3 Å². The Hall–Kier alpha value is 0.310. The Morgan fingerprint density at radius 3 is 2.33 bits per heavy atom. The molecule has 1 nitrogen and oxygen atoms in total. The molecular formula is C13H27NS. The molecule has 1 heterocycles. The highest BCUT2D eigenvalue weighted by Crippen LogP contribution is 2.31. The molecule has 90 valence electrons. The van der Waals surface area contributed by atoms with Crippen molar-refractivity contribution in [1.82, 2.24) is 4.90 Å². The van der Waals surface area contributed by atoms with Crippen LogP contribution >= 0.6 is 12.6 Å². The van der Waals surface area contributed by atoms with Crippen molar-refractivity contribution >= 4 is 12.6 Å². The average molecular weight is 229 g/mol. The molecule has 0 aromatic carbocycles. The fourth-order valence-corrected chi connectivity index (χ4v) is 3.16. The molecule has 1 rings (SSSR count). The zero-order chi connectivity index (χ0) is 11.3. The van der Waals surface area contributed by atoms with Gasteiger partial charge in [0.25, 0.3) is 0 Å². The summed E-state index contributed by atoms with van der Waals surface area (Å²) in [5.74, 6) is 1.99. The van der Waals surface area contributed by atoms with Crippen LogP contribution in [0.25, 0.3) is 0 Å². The minimum absolute atomic E-state index is 0.464. The zero-order valence-electron chi connectivity index (χ0n) is 10.6. The van der Waals surface area contributed by atoms with Gasteiger partial charge in [-0.05, 0) is 42.9 Å². The predicted molar refractivity (Wildman–Crippen MR) is 71.7 cm³/mol. The van der Waals surface area contributed by atoms with Gasteiger partial charge in [-0.1, -0.05) is 27.2 Å². The maximum atomic E-state index is 4.55. The maximum Gasteiger partial charge on any atom is 0.00457 e. The van der Waals surface area contributed by atoms with Crippen LogP contribution in [0.5, 0.6) is 0 Å². The van der Waals surface area contributed by atoms with Gasteiger partial charge in [0.05, 0.1) is 0 Å². The first kappa shape index (κ1) is 13.4. The van der Waals surface area contributed by atoms with Gasteiger partial charge in [0.2, 0.25) is 0 Å². The second-order valence-corrected chi connectivity index (χ2v) is 5.48. The smallest absolute Gasteiger partial charge is 0.00457 e. The van der Waals surface area contributed by atoms with Crippen molar-refractivity contribution in [3.05, 3.63) is 0 Å². The van der Waals surface area contributed by atoms with E-state index in [1.165, 1.54) is 45.3 Å². The van der Waals surface area contributed by atoms with Crippen LogP contribution < -0.4 is 0 Å². The van der Waals surface area contributed by atoms with Gasteiger partial charge in [-0.15, -0.1) is 0 Å². The highest BCUT2D eigenvalue weighted by Gasteiger charge is 2.30. The third-order valence-corrected chi connectivity index (χ3v) is 5.01. The van der Waals surface area contributed by atoms with Gasteiger partial charge >= 0.3 is 0 Å². The van der Waals surface area contributed by atoms with E-state index in [1.807, 2.05) is 0 Å². The van der Waals surface area contributed by atoms with Gasteiger partial charge < -0.3 is 4.90 Å². The van der Waals surface area contributed by atoms with Gasteiger partial charge in [-0.2, -0.15) is 12.6 Å². The lowest BCUT2D eigenvalue weighted by Crippen LogP contribution is -2.37. The fraction of sp³-hybridized carbons (Fsp3) is 1.00. The molecule has 15 heavy (non-hydrogen) atoms. The van der Waals surface area contributed by atoms with Gasteiger partial charge in [0.1, 0.15) is 0 Å². The quantitative estimate of drug-likeness (QED) is 0.683. The van der Waals surface area contributed by atoms with Crippen molar-refractivity contribution in [1.29, 1.82) is 0 Å². The summed E-state index contributed by atoms with van der Waals surface area (Å²) >= 11 is 4.55. The Kier molecular flexibility index (Phi) is 5.48. The molecule has 1 atom stereocenters. The van der Waals surface area contributed by atoms with Crippen molar-refractivity contribution in [2.24, 2.45) is 11.3 Å². The molecule has 2 heteroatoms. The molecule has 1 saturated heterocycles. The lowest BCUT2D eigenvalue weighted by molar-refractivity contribution is 0.179. The van der Waals surface area contributed by atoms with Gasteiger partial charge in [0.15, 0.2) is 0 Å². The summed E-state index contributed by atoms with van der Waals surface area (Å²) in [5.41, 5.74) is 0.464. The third kappa shape index (κ3) is 3.39. The van der Waals surface area contributed by atoms with Crippen molar-refractivity contribution in [2.45, 2.75) is 46.5 Å². The highest BCUT2D eigenvalue weighted by molar-refractivity contribution is 7.80. The minimum Gasteiger partial charge on any atom is -0.302 e. The standard InChI is InChI=1S/C13H27NS/c1-4-12-7-8-14(9-12)10-13(5-2,6-3)11-15/h12,15H,4-11H2,1-3H3. The number of hydrogen-bond acceptors (Lipinski definition) is 2. The van der Waals surface area contributed by atoms with E-state index >= 15 is 0 Å². The first-order valence-electron chi connectivity index (χ1n) is 6.53. The van der Waals surface area contributed by atoms with Crippen LogP contribution in [0.1, 0.15) is 46.5 Å². The number of thiol groups is 1. The summed E-state index contributed by atoms with van der Waals surface area (Å²) in [6, 6.07) is 0. The van der Waals surface area contributed by atoms with Crippen LogP contribution in [0.2, 0.25) is 0 Å². The monoisotopic (exact) mass is 229 g/mol. The molecule has 1 unspecified atom stereocenters. The van der Waals surface area contributed by atoms with E-state index in [1.54, 1.807) is 0 Å². The molecule has 1 fully saturated rings. The van der Waals surface area contributed by atoms with Gasteiger partial charge in [0, 0.05) is 13.1 Å². The molecule has 0 aliphatic carbocycles. The zero-order valence-corrected chi connectivity index (χ0v) is 11.5. The number of rotatable bonds is 6. The lowest BCUT2D eigenvalue weighted by Gasteiger charge is -2.34. The molecule has 1 aliphatic rings. The summed E-state index contributed by atoms with van der Waals surface area (Å²) < 4.78 is 0. The summed E-state index contributed by atoms with van der Waals surface area (Å²) in [6.45, 7) is 10.8. The molecule has 1 aliphatic heterocycles. The summed E-state index contributed by atoms with van der Waals surface area (Å²) in [7, 11) is 0. The molecule has 0 saturated carbocycles. The van der Waals surface area contributed by atoms with Crippen LogP contribution in [0.15, 0.2) is 0 Å². The second-order valence-electron chi connectivity index (χ2n) is 5.16. The van der Waals surface area contributed by atoms with E-state index in [0.29, 0.717) is 5.41 Å². The first-order valence-corrected chi connectivity index (χ1v) is 7.16. The van der Waals surface area contributed by atoms with Crippen LogP contribution in [0.4, 0.5) is 0 Å². The summed E-state index contributed by atoms with van der Waals surface area (Å²) in [5, 5.41) is 0. The topological polar surface area (TPSA) is 3.24 Å². The van der Waals surface area contributed by atoms with Crippen LogP contribution in [-0.4, -0.2) is 30.3 Å². The molecular weight excluding hydrogens is 202 g/mol. The largest absolute Gasteiger partial charge is 0.302 e. The SMILES string of the molecule is CCC1CCN(CC(CC)(CC)CS)C1. The van der Waals surface area contributed by atoms with E-state index in [-0.39, 0.29) is 0 Å². The molecule has 0 bridgehead atoms. The number of likely N-dealkylation sites (tertiary alicyclic amines) is 1. The van der Waals surface area contributed by atoms with Gasteiger partial charge in [-0.25, -0.2) is 0 Å². The van der Waals surface area contributed by atoms with Crippen molar-refractivity contribution in [2.75, 3.05) is 25.4 Å². The van der Waals surface area contributed by atoms with Crippen molar-refractivity contribution < 1.29 is 0 Å². The minimum atomic E-state index is 0.464. The molecule has 0 N–H and O–H groups in total. The third-order valence-electron chi connectivity index (χ3n) is 4.34. The van der Waals surface area contributed by atoms with Crippen LogP contribution in [0, 0.1) is 11.3 Å². The Bertz CT molecular complexity index is 169. The Labute approximate surface area is 101 Å². The van der Waals surface area contributed by atoms with E-state index < -0.39 is 0 Å². The fourth-order valence-electron chi connectivity index (χ4n) is 2.61. The second kappa shape index (κ2) is 6.15. The highest BCUT2D eigenvalue weighted by atomic mass is 32.1. The Balaban J connectivity index is 2.45. The number of hydrogen-bond donors (Lipinski definition) is 1. The van der Waals surface area contributed by atoms with E-state index in [9.17, 15) is 0 Å². The summed E-state index contributed by atoms with van der Waals surface area (Å²) in [6.07, 6.45) is 5.29. The molecule has 0 radical (unpaired) electrons. The Morgan fingerprint density at radius 2 is 1.93 bits per heavy atom. The number of nitrogens with zero attached hydrogens (tertiary/aromatic N) is 1. The molecule has 0 aromatic rings. The average Bonchev–Trinajstić information content (AvgIpc) is 2.73. The summed E-state index contributed by atoms with van der Waals surface area (Å²) in [4.78, 5) is 2.66. The maximum absolute atomic E-state index is 4.55. The predicted octanol–water partition coefficient (Wildman–Crippen LogP) is 3.45. The lowest BCUT2D eigenvalue weighted by atomic mass is 9.84. The van der Waals surface area contributed by atoms with Crippen LogP contribution in [-0.2, 0) is 0 Å². The normalized spacial score (nSPS) is 23.6. The van der Waals surface area contributed by atoms with Crippen molar-refractivity contribution in [3.63, 3.8) is 0 Å². The van der Waals surface area contributed by atoms with Crippen LogP contribution in [0.3, 0.4) is 0 Å². The molecule has 0 aromatic heterocycles. The van der Waals surface area contributed by atoms with Crippen molar-refractivity contribution in [3.8, 4) is 0 Å². The Morgan fingerprint density at radius 1 is 1.27 bits per heavy atom. The van der Waals surface area contributed by atoms with E-state index in [4.69, 9.17) is 0 Å². The first-order chi connectivity index (χ1) is 7.19.